The van der Waals surface area contributed by atoms with Gasteiger partial charge in [0.2, 0.25) is 0 Å². The van der Waals surface area contributed by atoms with Gasteiger partial charge in [0.15, 0.2) is 0 Å². The lowest BCUT2D eigenvalue weighted by Gasteiger charge is -1.99. The molecule has 0 saturated heterocycles. The smallest absolute Gasteiger partial charge is 0.258 e. The number of nitro groups is 1. The molecule has 0 aliphatic carbocycles. The molecular weight excluding hydrogens is 211 g/mol. The second-order valence-corrected chi connectivity index (χ2v) is 2.69. The zero-order valence-electron chi connectivity index (χ0n) is 7.36. The van der Waals surface area contributed by atoms with Gasteiger partial charge in [0.25, 0.3) is 5.69 Å². The molecule has 1 aromatic rings. The van der Waals surface area contributed by atoms with E-state index >= 15 is 0 Å². The fourth-order valence-corrected chi connectivity index (χ4v) is 0.979. The van der Waals surface area contributed by atoms with Crippen LogP contribution in [-0.4, -0.2) is 11.1 Å². The molecule has 6 heteroatoms. The summed E-state index contributed by atoms with van der Waals surface area (Å²) in [5, 5.41) is 10.4. The minimum atomic E-state index is -4.47. The van der Waals surface area contributed by atoms with Gasteiger partial charge >= 0.3 is 6.18 Å². The van der Waals surface area contributed by atoms with Crippen molar-refractivity contribution in [3.63, 3.8) is 0 Å². The third-order valence-corrected chi connectivity index (χ3v) is 1.59. The number of hydrogen-bond acceptors (Lipinski definition) is 2. The van der Waals surface area contributed by atoms with E-state index in [-0.39, 0.29) is 17.3 Å². The maximum atomic E-state index is 11.8. The molecule has 15 heavy (non-hydrogen) atoms. The van der Waals surface area contributed by atoms with E-state index in [9.17, 15) is 23.3 Å². The normalized spacial score (nSPS) is 11.9. The van der Waals surface area contributed by atoms with E-state index in [0.29, 0.717) is 6.08 Å². The molecule has 0 heterocycles. The average Bonchev–Trinajstić information content (AvgIpc) is 2.14. The van der Waals surface area contributed by atoms with Crippen LogP contribution in [0.1, 0.15) is 5.56 Å². The van der Waals surface area contributed by atoms with E-state index < -0.39 is 11.1 Å². The fraction of sp³-hybridized carbons (Fsp3) is 0.111. The average molecular weight is 217 g/mol. The van der Waals surface area contributed by atoms with Crippen LogP contribution in [0.3, 0.4) is 0 Å². The molecule has 0 unspecified atom stereocenters. The van der Waals surface area contributed by atoms with Gasteiger partial charge in [0.05, 0.1) is 10.5 Å². The van der Waals surface area contributed by atoms with E-state index in [1.54, 1.807) is 0 Å². The Kier molecular flexibility index (Phi) is 3.08. The predicted octanol–water partition coefficient (Wildman–Crippen LogP) is 3.17. The van der Waals surface area contributed by atoms with Gasteiger partial charge < -0.3 is 0 Å². The number of para-hydroxylation sites is 1. The van der Waals surface area contributed by atoms with Crippen LogP contribution < -0.4 is 0 Å². The first-order valence-corrected chi connectivity index (χ1v) is 3.89. The van der Waals surface area contributed by atoms with E-state index in [1.807, 2.05) is 0 Å². The largest absolute Gasteiger partial charge is 0.409 e. The third-order valence-electron chi connectivity index (χ3n) is 1.59. The van der Waals surface area contributed by atoms with Crippen molar-refractivity contribution in [1.29, 1.82) is 0 Å². The number of benzene rings is 1. The van der Waals surface area contributed by atoms with Crippen molar-refractivity contribution in [1.82, 2.24) is 0 Å². The highest BCUT2D eigenvalue weighted by Crippen LogP contribution is 2.23. The van der Waals surface area contributed by atoms with Crippen molar-refractivity contribution in [3.8, 4) is 0 Å². The zero-order chi connectivity index (χ0) is 11.5. The first kappa shape index (κ1) is 11.2. The van der Waals surface area contributed by atoms with Crippen LogP contribution in [-0.2, 0) is 0 Å². The standard InChI is InChI=1S/C9H6F3NO2/c10-9(11,12)6-5-7-3-1-2-4-8(7)13(14)15/h1-6H/b6-5+. The maximum Gasteiger partial charge on any atom is 0.409 e. The number of allylic oxidation sites excluding steroid dienone is 1. The second kappa shape index (κ2) is 4.12. The lowest BCUT2D eigenvalue weighted by molar-refractivity contribution is -0.385. The van der Waals surface area contributed by atoms with Crippen molar-refractivity contribution in [2.24, 2.45) is 0 Å². The van der Waals surface area contributed by atoms with Gasteiger partial charge in [0.1, 0.15) is 0 Å². The number of halogens is 3. The lowest BCUT2D eigenvalue weighted by Crippen LogP contribution is -2.00. The fourth-order valence-electron chi connectivity index (χ4n) is 0.979. The van der Waals surface area contributed by atoms with E-state index in [0.717, 1.165) is 6.07 Å². The summed E-state index contributed by atoms with van der Waals surface area (Å²) in [5.41, 5.74) is -0.419. The van der Waals surface area contributed by atoms with Gasteiger partial charge in [-0.2, -0.15) is 13.2 Å². The molecule has 1 aromatic carbocycles. The van der Waals surface area contributed by atoms with Crippen LogP contribution in [0.4, 0.5) is 18.9 Å². The van der Waals surface area contributed by atoms with Gasteiger partial charge in [-0.25, -0.2) is 0 Å². The summed E-state index contributed by atoms with van der Waals surface area (Å²) in [7, 11) is 0. The summed E-state index contributed by atoms with van der Waals surface area (Å²) >= 11 is 0. The first-order valence-electron chi connectivity index (χ1n) is 3.89. The second-order valence-electron chi connectivity index (χ2n) is 2.69. The van der Waals surface area contributed by atoms with Gasteiger partial charge in [-0.3, -0.25) is 10.1 Å². The highest BCUT2D eigenvalue weighted by atomic mass is 19.4. The Morgan fingerprint density at radius 2 is 1.87 bits per heavy atom. The summed E-state index contributed by atoms with van der Waals surface area (Å²) in [6.45, 7) is 0. The quantitative estimate of drug-likeness (QED) is 0.564. The molecule has 1 rings (SSSR count). The molecule has 0 saturated carbocycles. The molecule has 0 atom stereocenters. The summed E-state index contributed by atoms with van der Waals surface area (Å²) < 4.78 is 35.5. The molecule has 0 aromatic heterocycles. The molecule has 0 bridgehead atoms. The predicted molar refractivity (Wildman–Crippen MR) is 48.2 cm³/mol. The summed E-state index contributed by atoms with van der Waals surface area (Å²) in [5.74, 6) is 0. The van der Waals surface area contributed by atoms with Crippen LogP contribution in [0.15, 0.2) is 30.3 Å². The molecule has 0 aliphatic rings. The third kappa shape index (κ3) is 3.41. The molecule has 0 N–H and O–H groups in total. The van der Waals surface area contributed by atoms with Crippen LogP contribution in [0.25, 0.3) is 6.08 Å². The molecule has 0 aliphatic heterocycles. The van der Waals surface area contributed by atoms with Crippen molar-refractivity contribution in [2.45, 2.75) is 6.18 Å². The highest BCUT2D eigenvalue weighted by Gasteiger charge is 2.22. The van der Waals surface area contributed by atoms with Gasteiger partial charge in [0, 0.05) is 12.1 Å². The number of nitro benzene ring substituents is 1. The molecule has 0 spiro atoms. The SMILES string of the molecule is O=[N+]([O-])c1ccccc1/C=C/C(F)(F)F. The van der Waals surface area contributed by atoms with Crippen molar-refractivity contribution < 1.29 is 18.1 Å². The number of alkyl halides is 3. The molecule has 0 radical (unpaired) electrons. The van der Waals surface area contributed by atoms with E-state index in [1.165, 1.54) is 18.2 Å². The van der Waals surface area contributed by atoms with Crippen LogP contribution in [0.5, 0.6) is 0 Å². The number of hydrogen-bond donors (Lipinski definition) is 0. The van der Waals surface area contributed by atoms with Crippen molar-refractivity contribution >= 4 is 11.8 Å². The zero-order valence-corrected chi connectivity index (χ0v) is 7.36. The molecule has 3 nitrogen and oxygen atoms in total. The maximum absolute atomic E-state index is 11.8. The monoisotopic (exact) mass is 217 g/mol. The van der Waals surface area contributed by atoms with Gasteiger partial charge in [-0.15, -0.1) is 0 Å². The van der Waals surface area contributed by atoms with Crippen LogP contribution in [0.2, 0.25) is 0 Å². The van der Waals surface area contributed by atoms with Crippen LogP contribution in [0, 0.1) is 10.1 Å². The minimum absolute atomic E-state index is 0.0324. The van der Waals surface area contributed by atoms with Crippen LogP contribution >= 0.6 is 0 Å². The topological polar surface area (TPSA) is 43.1 Å². The van der Waals surface area contributed by atoms with E-state index in [4.69, 9.17) is 0 Å². The molecular formula is C9H6F3NO2. The number of nitrogens with zero attached hydrogens (tertiary/aromatic N) is 1. The highest BCUT2D eigenvalue weighted by molar-refractivity contribution is 5.60. The Bertz CT molecular complexity index is 399. The van der Waals surface area contributed by atoms with Crippen molar-refractivity contribution in [3.05, 3.63) is 46.0 Å². The Hall–Kier alpha value is -1.85. The minimum Gasteiger partial charge on any atom is -0.258 e. The summed E-state index contributed by atoms with van der Waals surface area (Å²) in [6, 6.07) is 5.22. The Labute approximate surface area is 83.0 Å². The summed E-state index contributed by atoms with van der Waals surface area (Å²) in [4.78, 5) is 9.71. The van der Waals surface area contributed by atoms with E-state index in [2.05, 4.69) is 0 Å². The molecule has 80 valence electrons. The molecule has 0 fully saturated rings. The van der Waals surface area contributed by atoms with Gasteiger partial charge in [-0.1, -0.05) is 12.1 Å². The number of rotatable bonds is 2. The Morgan fingerprint density at radius 3 is 2.40 bits per heavy atom. The lowest BCUT2D eigenvalue weighted by atomic mass is 10.1. The Balaban J connectivity index is 3.05. The molecule has 0 amide bonds. The Morgan fingerprint density at radius 1 is 1.27 bits per heavy atom. The van der Waals surface area contributed by atoms with Gasteiger partial charge in [-0.05, 0) is 12.1 Å². The van der Waals surface area contributed by atoms with Crippen molar-refractivity contribution in [2.75, 3.05) is 0 Å². The first-order chi connectivity index (χ1) is 6.90. The summed E-state index contributed by atoms with van der Waals surface area (Å²) in [6.07, 6.45) is -3.82.